The summed E-state index contributed by atoms with van der Waals surface area (Å²) in [7, 11) is 1.48. The number of aryl methyl sites for hydroxylation is 1. The highest BCUT2D eigenvalue weighted by molar-refractivity contribution is 5.54. The van der Waals surface area contributed by atoms with Gasteiger partial charge in [0.2, 0.25) is 11.7 Å². The van der Waals surface area contributed by atoms with Crippen molar-refractivity contribution in [3.63, 3.8) is 0 Å². The lowest BCUT2D eigenvalue weighted by Crippen LogP contribution is -2.46. The molecule has 0 aliphatic carbocycles. The van der Waals surface area contributed by atoms with E-state index in [9.17, 15) is 4.39 Å². The van der Waals surface area contributed by atoms with Gasteiger partial charge < -0.3 is 9.26 Å². The predicted octanol–water partition coefficient (Wildman–Crippen LogP) is 4.07. The maximum atomic E-state index is 13.9. The largest absolute Gasteiger partial charge is 0.494 e. The highest BCUT2D eigenvalue weighted by Gasteiger charge is 2.26. The Balaban J connectivity index is 1.34. The van der Waals surface area contributed by atoms with Crippen LogP contribution >= 0.6 is 0 Å². The van der Waals surface area contributed by atoms with Gasteiger partial charge in [-0.2, -0.15) is 4.98 Å². The number of aromatic nitrogens is 2. The molecule has 1 aromatic heterocycles. The van der Waals surface area contributed by atoms with Gasteiger partial charge in [-0.05, 0) is 31.5 Å². The van der Waals surface area contributed by atoms with Crippen LogP contribution in [0.1, 0.15) is 30.0 Å². The van der Waals surface area contributed by atoms with Gasteiger partial charge in [-0.1, -0.05) is 41.1 Å². The summed E-state index contributed by atoms with van der Waals surface area (Å²) < 4.78 is 24.5. The van der Waals surface area contributed by atoms with E-state index < -0.39 is 0 Å². The topological polar surface area (TPSA) is 54.6 Å². The minimum Gasteiger partial charge on any atom is -0.494 e. The molecule has 1 saturated heterocycles. The third-order valence-electron chi connectivity index (χ3n) is 5.69. The van der Waals surface area contributed by atoms with E-state index in [4.69, 9.17) is 9.26 Å². The summed E-state index contributed by atoms with van der Waals surface area (Å²) in [5.74, 6) is 1.22. The van der Waals surface area contributed by atoms with E-state index >= 15 is 0 Å². The molecule has 1 unspecified atom stereocenters. The van der Waals surface area contributed by atoms with Crippen molar-refractivity contribution in [1.29, 1.82) is 0 Å². The van der Waals surface area contributed by atoms with E-state index in [1.807, 2.05) is 30.3 Å². The van der Waals surface area contributed by atoms with Crippen LogP contribution in [0.3, 0.4) is 0 Å². The van der Waals surface area contributed by atoms with Gasteiger partial charge in [0.05, 0.1) is 13.2 Å². The van der Waals surface area contributed by atoms with Gasteiger partial charge in [0.25, 0.3) is 0 Å². The summed E-state index contributed by atoms with van der Waals surface area (Å²) in [6.07, 6.45) is 0. The normalized spacial score (nSPS) is 16.5. The van der Waals surface area contributed by atoms with Gasteiger partial charge >= 0.3 is 0 Å². The summed E-state index contributed by atoms with van der Waals surface area (Å²) in [5.41, 5.74) is 3.11. The number of hydrogen-bond donors (Lipinski definition) is 0. The molecular formula is C23H27FN4O2. The Bertz CT molecular complexity index is 981. The number of halogens is 1. The van der Waals surface area contributed by atoms with Crippen molar-refractivity contribution in [3.8, 4) is 17.1 Å². The average molecular weight is 410 g/mol. The highest BCUT2D eigenvalue weighted by atomic mass is 19.1. The number of nitrogens with zero attached hydrogens (tertiary/aromatic N) is 4. The van der Waals surface area contributed by atoms with Gasteiger partial charge in [-0.25, -0.2) is 4.39 Å². The average Bonchev–Trinajstić information content (AvgIpc) is 3.25. The molecule has 30 heavy (non-hydrogen) atoms. The molecule has 0 bridgehead atoms. The fourth-order valence-corrected chi connectivity index (χ4v) is 3.76. The van der Waals surface area contributed by atoms with Gasteiger partial charge in [0, 0.05) is 38.3 Å². The monoisotopic (exact) mass is 410 g/mol. The molecule has 1 atom stereocenters. The molecule has 0 N–H and O–H groups in total. The lowest BCUT2D eigenvalue weighted by molar-refractivity contribution is 0.0845. The zero-order chi connectivity index (χ0) is 21.1. The first-order chi connectivity index (χ1) is 14.5. The lowest BCUT2D eigenvalue weighted by atomic mass is 10.1. The van der Waals surface area contributed by atoms with Crippen LogP contribution in [0.4, 0.5) is 4.39 Å². The van der Waals surface area contributed by atoms with E-state index in [-0.39, 0.29) is 17.6 Å². The van der Waals surface area contributed by atoms with Gasteiger partial charge in [-0.15, -0.1) is 0 Å². The van der Waals surface area contributed by atoms with Crippen molar-refractivity contribution in [2.75, 3.05) is 33.3 Å². The molecule has 3 aromatic rings. The fraction of sp³-hybridized carbons (Fsp3) is 0.391. The molecule has 0 saturated carbocycles. The third-order valence-corrected chi connectivity index (χ3v) is 5.69. The Kier molecular flexibility index (Phi) is 6.11. The molecule has 2 heterocycles. The van der Waals surface area contributed by atoms with Crippen molar-refractivity contribution in [2.45, 2.75) is 26.4 Å². The third kappa shape index (κ3) is 4.52. The van der Waals surface area contributed by atoms with Crippen LogP contribution in [-0.2, 0) is 6.54 Å². The molecule has 158 valence electrons. The molecule has 0 radical (unpaired) electrons. The maximum Gasteiger partial charge on any atom is 0.244 e. The molecule has 0 spiro atoms. The van der Waals surface area contributed by atoms with Crippen LogP contribution in [0, 0.1) is 12.7 Å². The van der Waals surface area contributed by atoms with Crippen molar-refractivity contribution in [1.82, 2.24) is 19.9 Å². The quantitative estimate of drug-likeness (QED) is 0.611. The smallest absolute Gasteiger partial charge is 0.244 e. The summed E-state index contributed by atoms with van der Waals surface area (Å²) in [5, 5.41) is 4.16. The van der Waals surface area contributed by atoms with Crippen LogP contribution in [0.15, 0.2) is 47.0 Å². The fourth-order valence-electron chi connectivity index (χ4n) is 3.76. The van der Waals surface area contributed by atoms with E-state index in [0.29, 0.717) is 11.7 Å². The van der Waals surface area contributed by atoms with E-state index in [1.54, 1.807) is 12.1 Å². The molecule has 1 aliphatic rings. The Labute approximate surface area is 176 Å². The second-order valence-electron chi connectivity index (χ2n) is 7.78. The molecule has 1 aliphatic heterocycles. The summed E-state index contributed by atoms with van der Waals surface area (Å²) in [4.78, 5) is 9.29. The van der Waals surface area contributed by atoms with E-state index in [0.717, 1.165) is 43.9 Å². The number of methoxy groups -OCH3 is 1. The molecule has 2 aromatic carbocycles. The Morgan fingerprint density at radius 2 is 1.83 bits per heavy atom. The van der Waals surface area contributed by atoms with Crippen LogP contribution in [0.25, 0.3) is 11.4 Å². The second kappa shape index (κ2) is 8.93. The minimum atomic E-state index is -0.317. The second-order valence-corrected chi connectivity index (χ2v) is 7.78. The first kappa shape index (κ1) is 20.5. The SMILES string of the molecule is COc1ccc(CN2CCN(C(C)c3nc(-c4ccc(C)cc4)no3)CC2)cc1F. The van der Waals surface area contributed by atoms with Crippen LogP contribution in [-0.4, -0.2) is 53.2 Å². The van der Waals surface area contributed by atoms with Crippen LogP contribution in [0.2, 0.25) is 0 Å². The summed E-state index contributed by atoms with van der Waals surface area (Å²) in [6, 6.07) is 13.3. The number of ether oxygens (including phenoxy) is 1. The standard InChI is InChI=1S/C23H27FN4O2/c1-16-4-7-19(8-5-16)22-25-23(30-26-22)17(2)28-12-10-27(11-13-28)15-18-6-9-21(29-3)20(24)14-18/h4-9,14,17H,10-13,15H2,1-3H3. The Hall–Kier alpha value is -2.77. The molecule has 4 rings (SSSR count). The van der Waals surface area contributed by atoms with Crippen molar-refractivity contribution < 1.29 is 13.7 Å². The van der Waals surface area contributed by atoms with Crippen molar-refractivity contribution >= 4 is 0 Å². The van der Waals surface area contributed by atoms with E-state index in [2.05, 4.69) is 33.8 Å². The summed E-state index contributed by atoms with van der Waals surface area (Å²) >= 11 is 0. The predicted molar refractivity (Wildman–Crippen MR) is 113 cm³/mol. The molecule has 1 fully saturated rings. The highest BCUT2D eigenvalue weighted by Crippen LogP contribution is 2.24. The summed E-state index contributed by atoms with van der Waals surface area (Å²) in [6.45, 7) is 8.46. The lowest BCUT2D eigenvalue weighted by Gasteiger charge is -2.36. The van der Waals surface area contributed by atoms with Gasteiger partial charge in [-0.3, -0.25) is 9.80 Å². The van der Waals surface area contributed by atoms with E-state index in [1.165, 1.54) is 12.7 Å². The number of piperazine rings is 1. The molecular weight excluding hydrogens is 383 g/mol. The van der Waals surface area contributed by atoms with Crippen LogP contribution < -0.4 is 4.74 Å². The Morgan fingerprint density at radius 3 is 2.50 bits per heavy atom. The maximum absolute atomic E-state index is 13.9. The Morgan fingerprint density at radius 1 is 1.10 bits per heavy atom. The van der Waals surface area contributed by atoms with Crippen molar-refractivity contribution in [3.05, 3.63) is 65.3 Å². The zero-order valence-electron chi connectivity index (χ0n) is 17.6. The van der Waals surface area contributed by atoms with Crippen molar-refractivity contribution in [2.24, 2.45) is 0 Å². The molecule has 7 heteroatoms. The number of benzene rings is 2. The van der Waals surface area contributed by atoms with Gasteiger partial charge in [0.1, 0.15) is 0 Å². The minimum absolute atomic E-state index is 0.0530. The number of hydrogen-bond acceptors (Lipinski definition) is 6. The van der Waals surface area contributed by atoms with Crippen LogP contribution in [0.5, 0.6) is 5.75 Å². The van der Waals surface area contributed by atoms with Gasteiger partial charge in [0.15, 0.2) is 11.6 Å². The zero-order valence-corrected chi connectivity index (χ0v) is 17.6. The number of rotatable bonds is 6. The molecule has 6 nitrogen and oxygen atoms in total. The first-order valence-corrected chi connectivity index (χ1v) is 10.2. The first-order valence-electron chi connectivity index (χ1n) is 10.2. The molecule has 0 amide bonds.